The summed E-state index contributed by atoms with van der Waals surface area (Å²) in [6.07, 6.45) is 0. The Kier molecular flexibility index (Phi) is 20.9. The standard InChI is InChI=1S/2C4H8O2S.C2H6O2/c2*1-3(2-7)4(5)6;3-1-2-4/h2*3,7H,2H2,1H3,(H,5,6);3-4H,1-2H2. The minimum Gasteiger partial charge on any atom is -0.481 e. The number of carbonyl (C=O) groups is 2. The fourth-order valence-corrected chi connectivity index (χ4v) is 0.469. The van der Waals surface area contributed by atoms with Crippen molar-refractivity contribution in [3.05, 3.63) is 0 Å². The van der Waals surface area contributed by atoms with E-state index in [1.165, 1.54) is 0 Å². The van der Waals surface area contributed by atoms with Crippen molar-refractivity contribution in [3.63, 3.8) is 0 Å². The third-order valence-corrected chi connectivity index (χ3v) is 2.59. The number of aliphatic hydroxyl groups is 2. The first-order valence-corrected chi connectivity index (χ1v) is 6.43. The summed E-state index contributed by atoms with van der Waals surface area (Å²) < 4.78 is 0. The maximum Gasteiger partial charge on any atom is 0.307 e. The van der Waals surface area contributed by atoms with Crippen molar-refractivity contribution in [1.82, 2.24) is 0 Å². The molecule has 0 aliphatic heterocycles. The van der Waals surface area contributed by atoms with E-state index >= 15 is 0 Å². The Hall–Kier alpha value is -0.440. The zero-order valence-electron chi connectivity index (χ0n) is 10.5. The van der Waals surface area contributed by atoms with E-state index in [1.54, 1.807) is 13.8 Å². The first-order valence-electron chi connectivity index (χ1n) is 5.17. The predicted octanol–water partition coefficient (Wildman–Crippen LogP) is 0.245. The molecule has 0 aromatic rings. The molecular formula is C10H22O6S2. The molecular weight excluding hydrogens is 280 g/mol. The van der Waals surface area contributed by atoms with Crippen LogP contribution in [0, 0.1) is 11.8 Å². The monoisotopic (exact) mass is 302 g/mol. The molecule has 0 saturated heterocycles. The number of thiol groups is 2. The van der Waals surface area contributed by atoms with Gasteiger partial charge in [0.15, 0.2) is 0 Å². The number of carboxylic acid groups (broad SMARTS) is 2. The molecule has 4 N–H and O–H groups in total. The van der Waals surface area contributed by atoms with Crippen molar-refractivity contribution < 1.29 is 30.0 Å². The van der Waals surface area contributed by atoms with Crippen LogP contribution in [0.4, 0.5) is 0 Å². The second-order valence-corrected chi connectivity index (χ2v) is 4.02. The number of hydrogen-bond acceptors (Lipinski definition) is 6. The Balaban J connectivity index is -0.000000196. The maximum atomic E-state index is 9.88. The fraction of sp³-hybridized carbons (Fsp3) is 0.800. The van der Waals surface area contributed by atoms with Gasteiger partial charge in [0.1, 0.15) is 0 Å². The third kappa shape index (κ3) is 20.9. The van der Waals surface area contributed by atoms with Gasteiger partial charge in [0.05, 0.1) is 25.0 Å². The highest BCUT2D eigenvalue weighted by Gasteiger charge is 2.06. The Morgan fingerprint density at radius 3 is 1.11 bits per heavy atom. The largest absolute Gasteiger partial charge is 0.481 e. The van der Waals surface area contributed by atoms with Gasteiger partial charge in [0.25, 0.3) is 0 Å². The molecule has 18 heavy (non-hydrogen) atoms. The van der Waals surface area contributed by atoms with Crippen LogP contribution in [-0.2, 0) is 9.59 Å². The molecule has 0 fully saturated rings. The molecule has 8 heteroatoms. The van der Waals surface area contributed by atoms with Crippen molar-refractivity contribution in [1.29, 1.82) is 0 Å². The number of carboxylic acids is 2. The molecule has 0 bridgehead atoms. The van der Waals surface area contributed by atoms with Gasteiger partial charge in [-0.3, -0.25) is 9.59 Å². The highest BCUT2D eigenvalue weighted by molar-refractivity contribution is 7.80. The molecule has 0 heterocycles. The molecule has 110 valence electrons. The Morgan fingerprint density at radius 2 is 1.11 bits per heavy atom. The van der Waals surface area contributed by atoms with Gasteiger partial charge in [-0.25, -0.2) is 0 Å². The summed E-state index contributed by atoms with van der Waals surface area (Å²) in [5.41, 5.74) is 0. The number of hydrogen-bond donors (Lipinski definition) is 6. The topological polar surface area (TPSA) is 115 Å². The molecule has 0 aromatic carbocycles. The van der Waals surface area contributed by atoms with Gasteiger partial charge in [-0.05, 0) is 0 Å². The summed E-state index contributed by atoms with van der Waals surface area (Å²) in [4.78, 5) is 19.8. The third-order valence-electron chi connectivity index (χ3n) is 1.49. The normalized spacial score (nSPS) is 12.1. The lowest BCUT2D eigenvalue weighted by Crippen LogP contribution is -2.09. The minimum atomic E-state index is -0.782. The first kappa shape index (κ1) is 22.7. The average molecular weight is 302 g/mol. The van der Waals surface area contributed by atoms with Gasteiger partial charge in [-0.1, -0.05) is 13.8 Å². The summed E-state index contributed by atoms with van der Waals surface area (Å²) in [6, 6.07) is 0. The van der Waals surface area contributed by atoms with E-state index in [-0.39, 0.29) is 25.0 Å². The number of aliphatic hydroxyl groups excluding tert-OH is 2. The van der Waals surface area contributed by atoms with Crippen LogP contribution in [0.2, 0.25) is 0 Å². The van der Waals surface area contributed by atoms with E-state index in [4.69, 9.17) is 20.4 Å². The van der Waals surface area contributed by atoms with E-state index in [1.807, 2.05) is 0 Å². The Labute approximate surface area is 118 Å². The van der Waals surface area contributed by atoms with Gasteiger partial charge in [-0.2, -0.15) is 25.3 Å². The molecule has 0 aromatic heterocycles. The summed E-state index contributed by atoms with van der Waals surface area (Å²) >= 11 is 7.55. The lowest BCUT2D eigenvalue weighted by molar-refractivity contribution is -0.141. The molecule has 0 aliphatic carbocycles. The Bertz CT molecular complexity index is 191. The molecule has 2 unspecified atom stereocenters. The van der Waals surface area contributed by atoms with Crippen LogP contribution < -0.4 is 0 Å². The molecule has 0 spiro atoms. The maximum absolute atomic E-state index is 9.88. The van der Waals surface area contributed by atoms with E-state index in [9.17, 15) is 9.59 Å². The molecule has 0 amide bonds. The van der Waals surface area contributed by atoms with Crippen molar-refractivity contribution in [2.45, 2.75) is 13.8 Å². The van der Waals surface area contributed by atoms with Gasteiger partial charge < -0.3 is 20.4 Å². The molecule has 0 radical (unpaired) electrons. The van der Waals surface area contributed by atoms with Crippen LogP contribution >= 0.6 is 25.3 Å². The zero-order chi connectivity index (χ0) is 15.1. The summed E-state index contributed by atoms with van der Waals surface area (Å²) in [5.74, 6) is -1.37. The van der Waals surface area contributed by atoms with Crippen molar-refractivity contribution >= 4 is 37.2 Å². The molecule has 0 rings (SSSR count). The number of rotatable bonds is 5. The molecule has 0 saturated carbocycles. The lowest BCUT2D eigenvalue weighted by atomic mass is 10.2. The van der Waals surface area contributed by atoms with Crippen LogP contribution in [0.1, 0.15) is 13.8 Å². The fourth-order valence-electron chi connectivity index (χ4n) is 0.156. The van der Waals surface area contributed by atoms with E-state index in [0.717, 1.165) is 0 Å². The van der Waals surface area contributed by atoms with Crippen molar-refractivity contribution in [2.75, 3.05) is 24.7 Å². The van der Waals surface area contributed by atoms with Gasteiger partial charge in [-0.15, -0.1) is 0 Å². The van der Waals surface area contributed by atoms with Gasteiger partial charge in [0.2, 0.25) is 0 Å². The molecule has 0 aliphatic rings. The zero-order valence-corrected chi connectivity index (χ0v) is 12.3. The number of aliphatic carboxylic acids is 2. The van der Waals surface area contributed by atoms with Crippen LogP contribution in [0.3, 0.4) is 0 Å². The quantitative estimate of drug-likeness (QED) is 0.406. The average Bonchev–Trinajstić information content (AvgIpc) is 2.37. The first-order chi connectivity index (χ1) is 8.28. The van der Waals surface area contributed by atoms with Crippen molar-refractivity contribution in [3.8, 4) is 0 Å². The SMILES string of the molecule is CC(CS)C(=O)O.CC(CS)C(=O)O.OCCO. The second kappa shape index (κ2) is 16.6. The predicted molar refractivity (Wildman–Crippen MR) is 75.5 cm³/mol. The summed E-state index contributed by atoms with van der Waals surface area (Å²) in [5, 5.41) is 31.5. The van der Waals surface area contributed by atoms with Crippen LogP contribution in [0.15, 0.2) is 0 Å². The van der Waals surface area contributed by atoms with Gasteiger partial charge in [0, 0.05) is 11.5 Å². The van der Waals surface area contributed by atoms with E-state index in [0.29, 0.717) is 11.5 Å². The smallest absolute Gasteiger partial charge is 0.307 e. The van der Waals surface area contributed by atoms with Crippen LogP contribution in [0.5, 0.6) is 0 Å². The lowest BCUT2D eigenvalue weighted by Gasteiger charge is -1.95. The van der Waals surface area contributed by atoms with Gasteiger partial charge >= 0.3 is 11.9 Å². The summed E-state index contributed by atoms with van der Waals surface area (Å²) in [6.45, 7) is 2.99. The highest BCUT2D eigenvalue weighted by Crippen LogP contribution is 1.95. The van der Waals surface area contributed by atoms with E-state index < -0.39 is 11.9 Å². The van der Waals surface area contributed by atoms with E-state index in [2.05, 4.69) is 25.3 Å². The van der Waals surface area contributed by atoms with Crippen molar-refractivity contribution in [2.24, 2.45) is 11.8 Å². The van der Waals surface area contributed by atoms with Crippen LogP contribution in [-0.4, -0.2) is 57.1 Å². The summed E-state index contributed by atoms with van der Waals surface area (Å²) in [7, 11) is 0. The minimum absolute atomic E-state index is 0.125. The Morgan fingerprint density at radius 1 is 0.889 bits per heavy atom. The molecule has 2 atom stereocenters. The highest BCUT2D eigenvalue weighted by atomic mass is 32.1. The second-order valence-electron chi connectivity index (χ2n) is 3.29. The van der Waals surface area contributed by atoms with Crippen LogP contribution in [0.25, 0.3) is 0 Å². The molecule has 6 nitrogen and oxygen atoms in total.